The van der Waals surface area contributed by atoms with Crippen molar-refractivity contribution >= 4 is 10.0 Å². The molecule has 0 aliphatic carbocycles. The summed E-state index contributed by atoms with van der Waals surface area (Å²) in [6.45, 7) is 5.94. The van der Waals surface area contributed by atoms with E-state index in [1.165, 1.54) is 0 Å². The highest BCUT2D eigenvalue weighted by Gasteiger charge is 2.17. The molecule has 0 aliphatic heterocycles. The smallest absolute Gasteiger partial charge is 0.240 e. The van der Waals surface area contributed by atoms with Crippen LogP contribution in [0.5, 0.6) is 0 Å². The summed E-state index contributed by atoms with van der Waals surface area (Å²) in [6.07, 6.45) is 1.22. The zero-order valence-corrected chi connectivity index (χ0v) is 12.6. The third-order valence-electron chi connectivity index (χ3n) is 2.99. The van der Waals surface area contributed by atoms with Crippen LogP contribution in [0.2, 0.25) is 0 Å². The lowest BCUT2D eigenvalue weighted by molar-refractivity contribution is 0.279. The Morgan fingerprint density at radius 2 is 1.95 bits per heavy atom. The van der Waals surface area contributed by atoms with Gasteiger partial charge in [-0.05, 0) is 43.4 Å². The van der Waals surface area contributed by atoms with Crippen LogP contribution in [0, 0.1) is 0 Å². The molecule has 0 aliphatic rings. The van der Waals surface area contributed by atoms with E-state index >= 15 is 0 Å². The van der Waals surface area contributed by atoms with Gasteiger partial charge in [-0.1, -0.05) is 26.0 Å². The molecule has 0 spiro atoms. The van der Waals surface area contributed by atoms with Crippen LogP contribution in [-0.2, 0) is 10.0 Å². The second-order valence-corrected chi connectivity index (χ2v) is 6.83. The molecule has 1 aromatic rings. The van der Waals surface area contributed by atoms with Crippen LogP contribution < -0.4 is 4.72 Å². The molecule has 0 bridgehead atoms. The molecule has 1 rings (SSSR count). The van der Waals surface area contributed by atoms with Crippen molar-refractivity contribution in [2.45, 2.75) is 50.5 Å². The molecule has 4 nitrogen and oxygen atoms in total. The number of hydrogen-bond acceptors (Lipinski definition) is 3. The van der Waals surface area contributed by atoms with Gasteiger partial charge in [-0.3, -0.25) is 0 Å². The number of aliphatic hydroxyl groups is 1. The Bertz CT molecular complexity index is 497. The van der Waals surface area contributed by atoms with Crippen molar-refractivity contribution in [2.24, 2.45) is 0 Å². The number of nitrogens with one attached hydrogen (secondary N) is 1. The molecule has 0 fully saturated rings. The highest BCUT2D eigenvalue weighted by Crippen LogP contribution is 2.18. The number of aliphatic hydroxyl groups excluding tert-OH is 1. The van der Waals surface area contributed by atoms with Gasteiger partial charge in [0.25, 0.3) is 0 Å². The lowest BCUT2D eigenvalue weighted by atomic mass is 10.0. The largest absolute Gasteiger partial charge is 0.396 e. The number of hydrogen-bond donors (Lipinski definition) is 2. The standard InChI is InChI=1S/C14H23NO3S/c1-11(2)13-7-4-8-14(10-13)19(17,18)15-12(3)6-5-9-16/h4,7-8,10-12,15-16H,5-6,9H2,1-3H3. The van der Waals surface area contributed by atoms with E-state index in [2.05, 4.69) is 4.72 Å². The molecule has 0 saturated carbocycles. The predicted molar refractivity (Wildman–Crippen MR) is 76.6 cm³/mol. The minimum Gasteiger partial charge on any atom is -0.396 e. The quantitative estimate of drug-likeness (QED) is 0.807. The molecule has 5 heteroatoms. The van der Waals surface area contributed by atoms with Crippen molar-refractivity contribution in [3.63, 3.8) is 0 Å². The maximum absolute atomic E-state index is 12.2. The first-order valence-corrected chi connectivity index (χ1v) is 8.08. The fourth-order valence-electron chi connectivity index (χ4n) is 1.83. The van der Waals surface area contributed by atoms with Gasteiger partial charge in [0, 0.05) is 12.6 Å². The Morgan fingerprint density at radius 1 is 1.26 bits per heavy atom. The lowest BCUT2D eigenvalue weighted by Gasteiger charge is -2.14. The highest BCUT2D eigenvalue weighted by molar-refractivity contribution is 7.89. The molecule has 1 unspecified atom stereocenters. The normalized spacial score (nSPS) is 13.7. The van der Waals surface area contributed by atoms with Gasteiger partial charge in [0.15, 0.2) is 0 Å². The van der Waals surface area contributed by atoms with Crippen LogP contribution in [0.4, 0.5) is 0 Å². The number of sulfonamides is 1. The third-order valence-corrected chi connectivity index (χ3v) is 4.57. The zero-order valence-electron chi connectivity index (χ0n) is 11.8. The second-order valence-electron chi connectivity index (χ2n) is 5.12. The summed E-state index contributed by atoms with van der Waals surface area (Å²) in [6, 6.07) is 6.83. The Balaban J connectivity index is 2.85. The molecule has 1 aromatic carbocycles. The van der Waals surface area contributed by atoms with Gasteiger partial charge in [0.05, 0.1) is 4.90 Å². The SMILES string of the molecule is CC(CCCO)NS(=O)(=O)c1cccc(C(C)C)c1. The highest BCUT2D eigenvalue weighted by atomic mass is 32.2. The average Bonchev–Trinajstić information content (AvgIpc) is 2.36. The summed E-state index contributed by atoms with van der Waals surface area (Å²) >= 11 is 0. The summed E-state index contributed by atoms with van der Waals surface area (Å²) in [7, 11) is -3.48. The fourth-order valence-corrected chi connectivity index (χ4v) is 3.16. The van der Waals surface area contributed by atoms with E-state index in [1.54, 1.807) is 25.1 Å². The maximum Gasteiger partial charge on any atom is 0.240 e. The molecule has 0 amide bonds. The number of benzene rings is 1. The average molecular weight is 285 g/mol. The van der Waals surface area contributed by atoms with Gasteiger partial charge in [-0.2, -0.15) is 0 Å². The molecule has 1 atom stereocenters. The van der Waals surface area contributed by atoms with E-state index in [-0.39, 0.29) is 12.6 Å². The second kappa shape index (κ2) is 7.03. The van der Waals surface area contributed by atoms with Crippen LogP contribution in [0.3, 0.4) is 0 Å². The molecule has 19 heavy (non-hydrogen) atoms. The van der Waals surface area contributed by atoms with E-state index in [9.17, 15) is 8.42 Å². The van der Waals surface area contributed by atoms with Gasteiger partial charge in [0.1, 0.15) is 0 Å². The number of rotatable bonds is 7. The predicted octanol–water partition coefficient (Wildman–Crippen LogP) is 2.25. The third kappa shape index (κ3) is 4.93. The Hall–Kier alpha value is -0.910. The fraction of sp³-hybridized carbons (Fsp3) is 0.571. The molecular formula is C14H23NO3S. The van der Waals surface area contributed by atoms with E-state index in [1.807, 2.05) is 19.9 Å². The van der Waals surface area contributed by atoms with Gasteiger partial charge in [0.2, 0.25) is 10.0 Å². The molecule has 0 heterocycles. The van der Waals surface area contributed by atoms with Crippen molar-refractivity contribution in [2.75, 3.05) is 6.61 Å². The zero-order chi connectivity index (χ0) is 14.5. The van der Waals surface area contributed by atoms with Crippen LogP contribution in [0.1, 0.15) is 45.1 Å². The van der Waals surface area contributed by atoms with Gasteiger partial charge >= 0.3 is 0 Å². The van der Waals surface area contributed by atoms with Gasteiger partial charge < -0.3 is 5.11 Å². The van der Waals surface area contributed by atoms with Gasteiger partial charge in [-0.25, -0.2) is 13.1 Å². The van der Waals surface area contributed by atoms with Crippen LogP contribution in [0.15, 0.2) is 29.2 Å². The Morgan fingerprint density at radius 3 is 2.53 bits per heavy atom. The molecular weight excluding hydrogens is 262 g/mol. The van der Waals surface area contributed by atoms with Crippen LogP contribution in [-0.4, -0.2) is 26.2 Å². The van der Waals surface area contributed by atoms with E-state index in [0.717, 1.165) is 5.56 Å². The Labute approximate surface area is 115 Å². The monoisotopic (exact) mass is 285 g/mol. The molecule has 0 saturated heterocycles. The molecule has 2 N–H and O–H groups in total. The summed E-state index contributed by atoms with van der Waals surface area (Å²) in [5.74, 6) is 0.293. The summed E-state index contributed by atoms with van der Waals surface area (Å²) in [5.41, 5.74) is 1.01. The first kappa shape index (κ1) is 16.1. The first-order chi connectivity index (χ1) is 8.86. The van der Waals surface area contributed by atoms with Crippen LogP contribution in [0.25, 0.3) is 0 Å². The topological polar surface area (TPSA) is 66.4 Å². The summed E-state index contributed by atoms with van der Waals surface area (Å²) in [4.78, 5) is 0.301. The van der Waals surface area contributed by atoms with Crippen molar-refractivity contribution in [1.82, 2.24) is 4.72 Å². The summed E-state index contributed by atoms with van der Waals surface area (Å²) < 4.78 is 27.0. The maximum atomic E-state index is 12.2. The first-order valence-electron chi connectivity index (χ1n) is 6.60. The van der Waals surface area contributed by atoms with Crippen molar-refractivity contribution in [3.8, 4) is 0 Å². The van der Waals surface area contributed by atoms with Crippen molar-refractivity contribution < 1.29 is 13.5 Å². The lowest BCUT2D eigenvalue weighted by Crippen LogP contribution is -2.32. The Kier molecular flexibility index (Phi) is 5.97. The van der Waals surface area contributed by atoms with E-state index in [4.69, 9.17) is 5.11 Å². The van der Waals surface area contributed by atoms with Crippen molar-refractivity contribution in [1.29, 1.82) is 0 Å². The van der Waals surface area contributed by atoms with E-state index in [0.29, 0.717) is 23.7 Å². The minimum atomic E-state index is -3.48. The minimum absolute atomic E-state index is 0.0783. The summed E-state index contributed by atoms with van der Waals surface area (Å²) in [5, 5.41) is 8.75. The van der Waals surface area contributed by atoms with Crippen LogP contribution >= 0.6 is 0 Å². The van der Waals surface area contributed by atoms with Crippen molar-refractivity contribution in [3.05, 3.63) is 29.8 Å². The molecule has 0 radical (unpaired) electrons. The molecule has 0 aromatic heterocycles. The van der Waals surface area contributed by atoms with Gasteiger partial charge in [-0.15, -0.1) is 0 Å². The molecule has 108 valence electrons. The van der Waals surface area contributed by atoms with E-state index < -0.39 is 10.0 Å².